The number of ketones is 1. The molecule has 1 amide bonds. The Morgan fingerprint density at radius 1 is 1.19 bits per heavy atom. The Balaban J connectivity index is 1.84. The van der Waals surface area contributed by atoms with Crippen LogP contribution < -0.4 is 10.1 Å². The number of nitro benzene ring substituents is 1. The molecule has 1 heterocycles. The van der Waals surface area contributed by atoms with Gasteiger partial charge in [-0.25, -0.2) is 0 Å². The second-order valence-corrected chi connectivity index (χ2v) is 7.63. The lowest BCUT2D eigenvalue weighted by Crippen LogP contribution is -2.23. The van der Waals surface area contributed by atoms with Gasteiger partial charge in [0, 0.05) is 43.7 Å². The van der Waals surface area contributed by atoms with E-state index in [-0.39, 0.29) is 28.7 Å². The standard InChI is InChI=1S/C21H21N5O5S/c1-14(27)22-10-9-20-23-24-21(25(20)16-6-4-8-18(12-16)31-2)32-13-19(28)15-5-3-7-17(11-15)26(29)30/h3-8,11-12H,9-10,13H2,1-2H3,(H,22,27). The van der Waals surface area contributed by atoms with E-state index in [1.807, 2.05) is 24.3 Å². The average molecular weight is 455 g/mol. The quantitative estimate of drug-likeness (QED) is 0.214. The predicted octanol–water partition coefficient (Wildman–Crippen LogP) is 2.84. The van der Waals surface area contributed by atoms with Crippen molar-refractivity contribution in [2.24, 2.45) is 0 Å². The highest BCUT2D eigenvalue weighted by molar-refractivity contribution is 7.99. The number of aromatic nitrogens is 3. The molecule has 1 N–H and O–H groups in total. The first-order valence-electron chi connectivity index (χ1n) is 9.62. The third-order valence-corrected chi connectivity index (χ3v) is 5.37. The van der Waals surface area contributed by atoms with E-state index in [0.29, 0.717) is 29.7 Å². The first-order valence-corrected chi connectivity index (χ1v) is 10.6. The molecule has 11 heteroatoms. The molecule has 3 rings (SSSR count). The average Bonchev–Trinajstić information content (AvgIpc) is 3.20. The Hall–Kier alpha value is -3.73. The molecule has 0 bridgehead atoms. The summed E-state index contributed by atoms with van der Waals surface area (Å²) in [6.45, 7) is 1.82. The molecule has 3 aromatic rings. The van der Waals surface area contributed by atoms with Crippen LogP contribution in [0, 0.1) is 10.1 Å². The number of nitrogens with one attached hydrogen (secondary N) is 1. The highest BCUT2D eigenvalue weighted by Gasteiger charge is 2.18. The minimum atomic E-state index is -0.537. The van der Waals surface area contributed by atoms with Crippen molar-refractivity contribution in [2.75, 3.05) is 19.4 Å². The summed E-state index contributed by atoms with van der Waals surface area (Å²) < 4.78 is 7.11. The Labute approximate surface area is 188 Å². The zero-order valence-electron chi connectivity index (χ0n) is 17.5. The Morgan fingerprint density at radius 3 is 2.69 bits per heavy atom. The fourth-order valence-electron chi connectivity index (χ4n) is 2.92. The lowest BCUT2D eigenvalue weighted by atomic mass is 10.1. The van der Waals surface area contributed by atoms with Crippen LogP contribution in [0.5, 0.6) is 5.75 Å². The van der Waals surface area contributed by atoms with E-state index in [9.17, 15) is 19.7 Å². The number of methoxy groups -OCH3 is 1. The molecule has 0 fully saturated rings. The van der Waals surface area contributed by atoms with Crippen LogP contribution in [0.15, 0.2) is 53.7 Å². The highest BCUT2D eigenvalue weighted by atomic mass is 32.2. The van der Waals surface area contributed by atoms with Gasteiger partial charge in [0.2, 0.25) is 5.91 Å². The van der Waals surface area contributed by atoms with Crippen LogP contribution in [0.1, 0.15) is 23.1 Å². The zero-order chi connectivity index (χ0) is 23.1. The summed E-state index contributed by atoms with van der Waals surface area (Å²) in [5, 5.41) is 22.6. The summed E-state index contributed by atoms with van der Waals surface area (Å²) in [5.41, 5.74) is 0.864. The summed E-state index contributed by atoms with van der Waals surface area (Å²) in [6.07, 6.45) is 0.434. The van der Waals surface area contributed by atoms with Crippen molar-refractivity contribution in [3.8, 4) is 11.4 Å². The van der Waals surface area contributed by atoms with E-state index in [4.69, 9.17) is 4.74 Å². The number of carbonyl (C=O) groups is 2. The van der Waals surface area contributed by atoms with Crippen LogP contribution in [0.4, 0.5) is 5.69 Å². The largest absolute Gasteiger partial charge is 0.497 e. The third-order valence-electron chi connectivity index (χ3n) is 4.45. The number of thioether (sulfide) groups is 1. The van der Waals surface area contributed by atoms with Gasteiger partial charge in [0.15, 0.2) is 10.9 Å². The molecule has 0 saturated heterocycles. The molecular weight excluding hydrogens is 434 g/mol. The van der Waals surface area contributed by atoms with Crippen molar-refractivity contribution in [1.29, 1.82) is 0 Å². The van der Waals surface area contributed by atoms with Crippen LogP contribution in [0.2, 0.25) is 0 Å². The first-order chi connectivity index (χ1) is 15.4. The predicted molar refractivity (Wildman–Crippen MR) is 118 cm³/mol. The van der Waals surface area contributed by atoms with Gasteiger partial charge in [0.05, 0.1) is 23.5 Å². The number of ether oxygens (including phenoxy) is 1. The first kappa shape index (κ1) is 22.9. The minimum Gasteiger partial charge on any atom is -0.497 e. The Bertz CT molecular complexity index is 1150. The molecule has 1 aromatic heterocycles. The molecule has 2 aromatic carbocycles. The summed E-state index contributed by atoms with van der Waals surface area (Å²) in [6, 6.07) is 12.9. The minimum absolute atomic E-state index is 0.0228. The van der Waals surface area contributed by atoms with E-state index >= 15 is 0 Å². The van der Waals surface area contributed by atoms with Crippen LogP contribution >= 0.6 is 11.8 Å². The number of Topliss-reactive ketones (excluding diaryl/α,β-unsaturated/α-hetero) is 1. The van der Waals surface area contributed by atoms with Gasteiger partial charge in [-0.3, -0.25) is 24.3 Å². The molecule has 0 radical (unpaired) electrons. The smallest absolute Gasteiger partial charge is 0.270 e. The number of hydrogen-bond donors (Lipinski definition) is 1. The van der Waals surface area contributed by atoms with E-state index in [1.54, 1.807) is 17.7 Å². The van der Waals surface area contributed by atoms with Crippen molar-refractivity contribution in [3.63, 3.8) is 0 Å². The molecule has 0 aliphatic heterocycles. The molecule has 32 heavy (non-hydrogen) atoms. The summed E-state index contributed by atoms with van der Waals surface area (Å²) >= 11 is 1.17. The van der Waals surface area contributed by atoms with Crippen molar-refractivity contribution in [1.82, 2.24) is 20.1 Å². The number of benzene rings is 2. The summed E-state index contributed by atoms with van der Waals surface area (Å²) in [4.78, 5) is 34.3. The SMILES string of the molecule is COc1cccc(-n2c(CCNC(C)=O)nnc2SCC(=O)c2cccc([N+](=O)[O-])c2)c1. The molecule has 166 valence electrons. The van der Waals surface area contributed by atoms with Gasteiger partial charge >= 0.3 is 0 Å². The highest BCUT2D eigenvalue weighted by Crippen LogP contribution is 2.26. The van der Waals surface area contributed by atoms with Crippen LogP contribution in [0.25, 0.3) is 5.69 Å². The number of non-ortho nitro benzene ring substituents is 1. The van der Waals surface area contributed by atoms with E-state index in [0.717, 1.165) is 5.69 Å². The van der Waals surface area contributed by atoms with Gasteiger partial charge in [-0.15, -0.1) is 10.2 Å². The van der Waals surface area contributed by atoms with E-state index < -0.39 is 4.92 Å². The van der Waals surface area contributed by atoms with Crippen molar-refractivity contribution < 1.29 is 19.2 Å². The van der Waals surface area contributed by atoms with Crippen LogP contribution in [0.3, 0.4) is 0 Å². The van der Waals surface area contributed by atoms with Gasteiger partial charge in [-0.2, -0.15) is 0 Å². The molecular formula is C21H21N5O5S. The maximum Gasteiger partial charge on any atom is 0.270 e. The van der Waals surface area contributed by atoms with Crippen LogP contribution in [-0.2, 0) is 11.2 Å². The maximum absolute atomic E-state index is 12.6. The van der Waals surface area contributed by atoms with Gasteiger partial charge < -0.3 is 10.1 Å². The van der Waals surface area contributed by atoms with Gasteiger partial charge in [0.1, 0.15) is 11.6 Å². The molecule has 0 aliphatic rings. The van der Waals surface area contributed by atoms with Gasteiger partial charge in [-0.1, -0.05) is 30.0 Å². The van der Waals surface area contributed by atoms with Crippen molar-refractivity contribution >= 4 is 29.1 Å². The molecule has 0 saturated carbocycles. The molecule has 0 spiro atoms. The molecule has 0 unspecified atom stereocenters. The zero-order valence-corrected chi connectivity index (χ0v) is 18.3. The number of amides is 1. The topological polar surface area (TPSA) is 129 Å². The number of hydrogen-bond acceptors (Lipinski definition) is 8. The van der Waals surface area contributed by atoms with Crippen molar-refractivity contribution in [2.45, 2.75) is 18.5 Å². The Morgan fingerprint density at radius 2 is 1.97 bits per heavy atom. The third kappa shape index (κ3) is 5.70. The van der Waals surface area contributed by atoms with Gasteiger partial charge in [0.25, 0.3) is 5.69 Å². The summed E-state index contributed by atoms with van der Waals surface area (Å²) in [7, 11) is 1.57. The lowest BCUT2D eigenvalue weighted by Gasteiger charge is -2.11. The number of nitro groups is 1. The lowest BCUT2D eigenvalue weighted by molar-refractivity contribution is -0.384. The van der Waals surface area contributed by atoms with Gasteiger partial charge in [-0.05, 0) is 12.1 Å². The fraction of sp³-hybridized carbons (Fsp3) is 0.238. The van der Waals surface area contributed by atoms with Crippen molar-refractivity contribution in [3.05, 3.63) is 70.0 Å². The fourth-order valence-corrected chi connectivity index (χ4v) is 3.79. The summed E-state index contributed by atoms with van der Waals surface area (Å²) in [5.74, 6) is 0.868. The van der Waals surface area contributed by atoms with E-state index in [1.165, 1.54) is 36.9 Å². The van der Waals surface area contributed by atoms with E-state index in [2.05, 4.69) is 15.5 Å². The number of carbonyl (C=O) groups excluding carboxylic acids is 2. The second kappa shape index (κ2) is 10.5. The number of rotatable bonds is 10. The normalized spacial score (nSPS) is 10.6. The number of nitrogens with zero attached hydrogens (tertiary/aromatic N) is 4. The second-order valence-electron chi connectivity index (χ2n) is 6.69. The molecule has 10 nitrogen and oxygen atoms in total. The van der Waals surface area contributed by atoms with Crippen LogP contribution in [-0.4, -0.2) is 50.8 Å². The molecule has 0 aliphatic carbocycles. The maximum atomic E-state index is 12.6. The monoisotopic (exact) mass is 455 g/mol. The molecule has 0 atom stereocenters. The Kier molecular flexibility index (Phi) is 7.55.